The van der Waals surface area contributed by atoms with E-state index in [1.807, 2.05) is 24.3 Å². The van der Waals surface area contributed by atoms with E-state index in [9.17, 15) is 19.1 Å². The Morgan fingerprint density at radius 2 is 1.58 bits per heavy atom. The first-order valence-corrected chi connectivity index (χ1v) is 8.08. The van der Waals surface area contributed by atoms with Gasteiger partial charge in [-0.1, -0.05) is 36.4 Å². The molecule has 0 aliphatic rings. The Morgan fingerprint density at radius 1 is 0.923 bits per heavy atom. The van der Waals surface area contributed by atoms with Gasteiger partial charge in [0.1, 0.15) is 11.6 Å². The minimum Gasteiger partial charge on any atom is -0.507 e. The third-order valence-corrected chi connectivity index (χ3v) is 3.98. The van der Waals surface area contributed by atoms with Crippen LogP contribution in [-0.4, -0.2) is 16.9 Å². The number of amides is 2. The number of phenolic OH excluding ortho intramolecular Hbond substituents is 1. The van der Waals surface area contributed by atoms with E-state index in [1.165, 1.54) is 18.2 Å². The van der Waals surface area contributed by atoms with Crippen LogP contribution in [0.2, 0.25) is 0 Å². The molecule has 0 saturated carbocycles. The fraction of sp³-hybridized carbons (Fsp3) is 0.100. The molecule has 0 heterocycles. The van der Waals surface area contributed by atoms with Crippen molar-refractivity contribution in [3.63, 3.8) is 0 Å². The predicted octanol–water partition coefficient (Wildman–Crippen LogP) is 3.08. The van der Waals surface area contributed by atoms with Crippen molar-refractivity contribution in [1.29, 1.82) is 0 Å². The monoisotopic (exact) mass is 352 g/mol. The quantitative estimate of drug-likeness (QED) is 0.632. The number of hydrogen-bond donors (Lipinski definition) is 3. The second-order valence-electron chi connectivity index (χ2n) is 5.85. The molecular formula is C20H17FN2O3. The van der Waals surface area contributed by atoms with Crippen LogP contribution in [0.1, 0.15) is 22.3 Å². The summed E-state index contributed by atoms with van der Waals surface area (Å²) in [6, 6.07) is 16.3. The SMILES string of the molecule is O=C(CCc1ccc(F)cc1)NNC(=O)c1cc2ccccc2cc1O. The lowest BCUT2D eigenvalue weighted by molar-refractivity contribution is -0.121. The number of hydrazine groups is 1. The molecule has 0 radical (unpaired) electrons. The van der Waals surface area contributed by atoms with Gasteiger partial charge in [-0.15, -0.1) is 0 Å². The summed E-state index contributed by atoms with van der Waals surface area (Å²) in [5.74, 6) is -1.49. The number of carbonyl (C=O) groups is 2. The van der Waals surface area contributed by atoms with E-state index in [2.05, 4.69) is 10.9 Å². The Bertz CT molecular complexity index is 955. The lowest BCUT2D eigenvalue weighted by Gasteiger charge is -2.10. The van der Waals surface area contributed by atoms with Gasteiger partial charge in [0.15, 0.2) is 0 Å². The van der Waals surface area contributed by atoms with E-state index < -0.39 is 5.91 Å². The van der Waals surface area contributed by atoms with E-state index in [1.54, 1.807) is 18.2 Å². The first-order valence-electron chi connectivity index (χ1n) is 8.08. The number of benzene rings is 3. The lowest BCUT2D eigenvalue weighted by atomic mass is 10.1. The lowest BCUT2D eigenvalue weighted by Crippen LogP contribution is -2.41. The van der Waals surface area contributed by atoms with E-state index in [4.69, 9.17) is 0 Å². The van der Waals surface area contributed by atoms with E-state index in [-0.39, 0.29) is 29.5 Å². The standard InChI is InChI=1S/C20H17FN2O3/c21-16-8-5-13(6-9-16)7-10-19(25)22-23-20(26)17-11-14-3-1-2-4-15(14)12-18(17)24/h1-6,8-9,11-12,24H,7,10H2,(H,22,25)(H,23,26). The third kappa shape index (κ3) is 4.16. The van der Waals surface area contributed by atoms with Gasteiger partial charge in [0.2, 0.25) is 5.91 Å². The number of nitrogens with one attached hydrogen (secondary N) is 2. The number of phenols is 1. The van der Waals surface area contributed by atoms with E-state index >= 15 is 0 Å². The number of carbonyl (C=O) groups excluding carboxylic acids is 2. The largest absolute Gasteiger partial charge is 0.507 e. The van der Waals surface area contributed by atoms with Gasteiger partial charge in [0.25, 0.3) is 5.91 Å². The van der Waals surface area contributed by atoms with Gasteiger partial charge >= 0.3 is 0 Å². The molecule has 26 heavy (non-hydrogen) atoms. The Kier molecular flexibility index (Phi) is 5.12. The molecule has 3 aromatic rings. The molecule has 5 nitrogen and oxygen atoms in total. The van der Waals surface area contributed by atoms with E-state index in [0.717, 1.165) is 16.3 Å². The summed E-state index contributed by atoms with van der Waals surface area (Å²) in [4.78, 5) is 24.1. The highest BCUT2D eigenvalue weighted by atomic mass is 19.1. The molecule has 0 spiro atoms. The van der Waals surface area contributed by atoms with Gasteiger partial charge in [-0.2, -0.15) is 0 Å². The summed E-state index contributed by atoms with van der Waals surface area (Å²) in [5.41, 5.74) is 5.50. The smallest absolute Gasteiger partial charge is 0.273 e. The Morgan fingerprint density at radius 3 is 2.27 bits per heavy atom. The number of fused-ring (bicyclic) bond motifs is 1. The van der Waals surface area contributed by atoms with Crippen molar-refractivity contribution in [2.24, 2.45) is 0 Å². The Labute approximate surface area is 149 Å². The van der Waals surface area contributed by atoms with Crippen LogP contribution >= 0.6 is 0 Å². The second-order valence-corrected chi connectivity index (χ2v) is 5.85. The summed E-state index contributed by atoms with van der Waals surface area (Å²) in [6.45, 7) is 0. The first kappa shape index (κ1) is 17.4. The maximum atomic E-state index is 12.8. The zero-order valence-corrected chi connectivity index (χ0v) is 13.8. The summed E-state index contributed by atoms with van der Waals surface area (Å²) in [7, 11) is 0. The minimum absolute atomic E-state index is 0.0718. The molecule has 0 atom stereocenters. The van der Waals surface area contributed by atoms with Crippen LogP contribution < -0.4 is 10.9 Å². The maximum Gasteiger partial charge on any atom is 0.273 e. The fourth-order valence-electron chi connectivity index (χ4n) is 2.58. The predicted molar refractivity (Wildman–Crippen MR) is 95.9 cm³/mol. The van der Waals surface area contributed by atoms with Gasteiger partial charge in [-0.05, 0) is 47.0 Å². The Hall–Kier alpha value is -3.41. The van der Waals surface area contributed by atoms with Crippen molar-refractivity contribution in [2.45, 2.75) is 12.8 Å². The average Bonchev–Trinajstić information content (AvgIpc) is 2.65. The molecule has 3 N–H and O–H groups in total. The highest BCUT2D eigenvalue weighted by molar-refractivity contribution is 6.02. The number of aromatic hydroxyl groups is 1. The Balaban J connectivity index is 1.57. The van der Waals surface area contributed by atoms with Crippen LogP contribution in [-0.2, 0) is 11.2 Å². The fourth-order valence-corrected chi connectivity index (χ4v) is 2.58. The summed E-state index contributed by atoms with van der Waals surface area (Å²) < 4.78 is 12.8. The molecule has 6 heteroatoms. The molecule has 3 aromatic carbocycles. The molecule has 0 aromatic heterocycles. The molecule has 132 valence electrons. The highest BCUT2D eigenvalue weighted by Gasteiger charge is 2.13. The van der Waals surface area contributed by atoms with Crippen LogP contribution in [0.15, 0.2) is 60.7 Å². The average molecular weight is 352 g/mol. The molecule has 3 rings (SSSR count). The third-order valence-electron chi connectivity index (χ3n) is 3.98. The molecule has 0 bridgehead atoms. The summed E-state index contributed by atoms with van der Waals surface area (Å²) in [5, 5.41) is 11.6. The van der Waals surface area contributed by atoms with Crippen molar-refractivity contribution in [3.8, 4) is 5.75 Å². The van der Waals surface area contributed by atoms with Crippen LogP contribution in [0.5, 0.6) is 5.75 Å². The van der Waals surface area contributed by atoms with Crippen molar-refractivity contribution in [2.75, 3.05) is 0 Å². The number of rotatable bonds is 4. The molecule has 0 unspecified atom stereocenters. The molecule has 2 amide bonds. The minimum atomic E-state index is -0.608. The van der Waals surface area contributed by atoms with Crippen molar-refractivity contribution < 1.29 is 19.1 Å². The van der Waals surface area contributed by atoms with Crippen molar-refractivity contribution in [3.05, 3.63) is 77.6 Å². The van der Waals surface area contributed by atoms with Gasteiger partial charge < -0.3 is 5.11 Å². The molecular weight excluding hydrogens is 335 g/mol. The summed E-state index contributed by atoms with van der Waals surface area (Å²) >= 11 is 0. The van der Waals surface area contributed by atoms with Gasteiger partial charge in [-0.3, -0.25) is 20.4 Å². The summed E-state index contributed by atoms with van der Waals surface area (Å²) in [6.07, 6.45) is 0.554. The molecule has 0 aliphatic carbocycles. The van der Waals surface area contributed by atoms with Gasteiger partial charge in [0, 0.05) is 6.42 Å². The van der Waals surface area contributed by atoms with Crippen molar-refractivity contribution in [1.82, 2.24) is 10.9 Å². The van der Waals surface area contributed by atoms with Crippen molar-refractivity contribution >= 4 is 22.6 Å². The second kappa shape index (κ2) is 7.65. The van der Waals surface area contributed by atoms with Crippen LogP contribution in [0.3, 0.4) is 0 Å². The topological polar surface area (TPSA) is 78.4 Å². The van der Waals surface area contributed by atoms with Crippen LogP contribution in [0.25, 0.3) is 10.8 Å². The zero-order chi connectivity index (χ0) is 18.5. The molecule has 0 fully saturated rings. The van der Waals surface area contributed by atoms with E-state index in [0.29, 0.717) is 6.42 Å². The highest BCUT2D eigenvalue weighted by Crippen LogP contribution is 2.24. The maximum absolute atomic E-state index is 12.8. The normalized spacial score (nSPS) is 10.5. The molecule has 0 saturated heterocycles. The van der Waals surface area contributed by atoms with Crippen LogP contribution in [0, 0.1) is 5.82 Å². The zero-order valence-electron chi connectivity index (χ0n) is 13.8. The number of aryl methyl sites for hydroxylation is 1. The number of halogens is 1. The first-order chi connectivity index (χ1) is 12.5. The van der Waals surface area contributed by atoms with Gasteiger partial charge in [-0.25, -0.2) is 4.39 Å². The van der Waals surface area contributed by atoms with Gasteiger partial charge in [0.05, 0.1) is 5.56 Å². The number of hydrogen-bond acceptors (Lipinski definition) is 3. The molecule has 0 aliphatic heterocycles. The van der Waals surface area contributed by atoms with Crippen LogP contribution in [0.4, 0.5) is 4.39 Å².